The topological polar surface area (TPSA) is 171 Å². The Morgan fingerprint density at radius 3 is 2.36 bits per heavy atom. The molecule has 1 saturated heterocycles. The number of anilines is 1. The van der Waals surface area contributed by atoms with Crippen molar-refractivity contribution in [1.82, 2.24) is 9.80 Å². The van der Waals surface area contributed by atoms with E-state index in [2.05, 4.69) is 17.1 Å². The number of carbonyl (C=O) groups excluding carboxylic acids is 3. The first-order valence-corrected chi connectivity index (χ1v) is 14.7. The van der Waals surface area contributed by atoms with Crippen molar-refractivity contribution in [3.8, 4) is 5.75 Å². The number of nitrogens with zero attached hydrogens (tertiary/aromatic N) is 2. The van der Waals surface area contributed by atoms with Gasteiger partial charge in [-0.05, 0) is 64.4 Å². The van der Waals surface area contributed by atoms with Crippen LogP contribution in [0.4, 0.5) is 5.69 Å². The number of nitrogens with one attached hydrogen (secondary N) is 1. The number of rotatable bonds is 6. The Hall–Kier alpha value is -3.25. The first-order valence-electron chi connectivity index (χ1n) is 14.7. The maximum atomic E-state index is 14.1. The molecular weight excluding hydrogens is 542 g/mol. The van der Waals surface area contributed by atoms with Crippen molar-refractivity contribution in [2.75, 3.05) is 39.0 Å². The Kier molecular flexibility index (Phi) is 7.76. The molecule has 3 aliphatic carbocycles. The molecule has 0 radical (unpaired) electrons. The lowest BCUT2D eigenvalue weighted by Gasteiger charge is -2.53. The van der Waals surface area contributed by atoms with Gasteiger partial charge in [-0.2, -0.15) is 0 Å². The number of aromatic hydroxyl groups is 1. The third-order valence-corrected chi connectivity index (χ3v) is 9.72. The highest BCUT2D eigenvalue weighted by atomic mass is 16.4. The minimum Gasteiger partial charge on any atom is -0.510 e. The van der Waals surface area contributed by atoms with E-state index >= 15 is 0 Å². The highest BCUT2D eigenvalue weighted by molar-refractivity contribution is 6.25. The number of fused-ring (bicyclic) bond motifs is 3. The van der Waals surface area contributed by atoms with Gasteiger partial charge in [-0.25, -0.2) is 0 Å². The maximum absolute atomic E-state index is 14.1. The lowest BCUT2D eigenvalue weighted by molar-refractivity contribution is -0.162. The fraction of sp³-hybridized carbons (Fsp3) is 0.581. The molecule has 0 unspecified atom stereocenters. The van der Waals surface area contributed by atoms with Crippen molar-refractivity contribution in [1.29, 1.82) is 0 Å². The van der Waals surface area contributed by atoms with Gasteiger partial charge in [0.1, 0.15) is 22.8 Å². The smallest absolute Gasteiger partial charge is 0.209 e. The Morgan fingerprint density at radius 1 is 1.14 bits per heavy atom. The van der Waals surface area contributed by atoms with E-state index in [1.807, 2.05) is 0 Å². The summed E-state index contributed by atoms with van der Waals surface area (Å²) in [6.07, 6.45) is 1.23. The van der Waals surface area contributed by atoms with Gasteiger partial charge in [0.2, 0.25) is 5.78 Å². The molecule has 11 nitrogen and oxygen atoms in total. The molecule has 5 rings (SSSR count). The van der Waals surface area contributed by atoms with E-state index in [4.69, 9.17) is 0 Å². The van der Waals surface area contributed by atoms with Crippen LogP contribution in [-0.4, -0.2) is 110 Å². The number of carbonyl (C=O) groups is 3. The third-order valence-electron chi connectivity index (χ3n) is 9.72. The molecule has 6 atom stereocenters. The number of hydrogen-bond acceptors (Lipinski definition) is 11. The van der Waals surface area contributed by atoms with Gasteiger partial charge in [-0.1, -0.05) is 19.9 Å². The van der Waals surface area contributed by atoms with Crippen molar-refractivity contribution in [3.63, 3.8) is 0 Å². The average Bonchev–Trinajstić information content (AvgIpc) is 2.92. The summed E-state index contributed by atoms with van der Waals surface area (Å²) in [6.45, 7) is 7.80. The number of aliphatic hydroxyl groups excluding tert-OH is 3. The van der Waals surface area contributed by atoms with Gasteiger partial charge in [-0.3, -0.25) is 19.3 Å². The van der Waals surface area contributed by atoms with E-state index in [0.717, 1.165) is 45.8 Å². The molecule has 0 amide bonds. The van der Waals surface area contributed by atoms with Crippen LogP contribution < -0.4 is 5.32 Å². The Bertz CT molecular complexity index is 1390. The normalized spacial score (nSPS) is 32.1. The number of phenolic OH excluding ortho intramolecular Hbond substituents is 1. The van der Waals surface area contributed by atoms with E-state index in [0.29, 0.717) is 11.3 Å². The van der Waals surface area contributed by atoms with Gasteiger partial charge in [0.15, 0.2) is 17.2 Å². The summed E-state index contributed by atoms with van der Waals surface area (Å²) in [4.78, 5) is 43.9. The Morgan fingerprint density at radius 2 is 1.79 bits per heavy atom. The van der Waals surface area contributed by atoms with E-state index in [1.165, 1.54) is 4.90 Å². The quantitative estimate of drug-likeness (QED) is 0.214. The zero-order valence-corrected chi connectivity index (χ0v) is 24.7. The molecule has 0 bridgehead atoms. The molecule has 1 heterocycles. The van der Waals surface area contributed by atoms with Gasteiger partial charge in [-0.15, -0.1) is 0 Å². The van der Waals surface area contributed by atoms with Crippen LogP contribution in [0.15, 0.2) is 34.8 Å². The van der Waals surface area contributed by atoms with E-state index in [1.54, 1.807) is 33.2 Å². The van der Waals surface area contributed by atoms with E-state index in [-0.39, 0.29) is 22.9 Å². The Labute approximate surface area is 245 Å². The summed E-state index contributed by atoms with van der Waals surface area (Å²) >= 11 is 0. The summed E-state index contributed by atoms with van der Waals surface area (Å²) in [5.74, 6) is -7.95. The predicted octanol–water partition coefficient (Wildman–Crippen LogP) is 2.04. The summed E-state index contributed by atoms with van der Waals surface area (Å²) in [6, 6.07) is 2.30. The number of ketones is 3. The van der Waals surface area contributed by atoms with Crippen molar-refractivity contribution < 1.29 is 39.9 Å². The SMILES string of the molecule is CCCN1CCC(Nc2ccc3c(c2O)C(=O)C2=C(O)[C@]4(O)C(=O)C(C(C)=O)=C(O)[C@@H](N(C)C)[C@@H]4[C@@H](O)[C@@H]2[C@H]3C)CC1. The molecule has 0 spiro atoms. The summed E-state index contributed by atoms with van der Waals surface area (Å²) in [5, 5.41) is 60.9. The first-order chi connectivity index (χ1) is 19.8. The Balaban J connectivity index is 1.59. The number of piperidine rings is 1. The van der Waals surface area contributed by atoms with Crippen molar-refractivity contribution >= 4 is 23.0 Å². The minimum absolute atomic E-state index is 0.0689. The largest absolute Gasteiger partial charge is 0.510 e. The summed E-state index contributed by atoms with van der Waals surface area (Å²) < 4.78 is 0. The lowest BCUT2D eigenvalue weighted by atomic mass is 9.55. The molecule has 4 aliphatic rings. The number of likely N-dealkylation sites (tertiary alicyclic amines) is 1. The lowest BCUT2D eigenvalue weighted by Crippen LogP contribution is -2.68. The van der Waals surface area contributed by atoms with Crippen LogP contribution in [0.5, 0.6) is 5.75 Å². The molecule has 11 heteroatoms. The molecular formula is C31H41N3O8. The second kappa shape index (κ2) is 10.8. The van der Waals surface area contributed by atoms with Gasteiger partial charge in [0.25, 0.3) is 0 Å². The number of Topliss-reactive ketones (excluding diaryl/α,β-unsaturated/α-hetero) is 3. The van der Waals surface area contributed by atoms with Crippen molar-refractivity contribution in [2.24, 2.45) is 11.8 Å². The monoisotopic (exact) mass is 583 g/mol. The van der Waals surface area contributed by atoms with Crippen LogP contribution in [0.2, 0.25) is 0 Å². The summed E-state index contributed by atoms with van der Waals surface area (Å²) in [5.41, 5.74) is -3.17. The van der Waals surface area contributed by atoms with Crippen LogP contribution in [0, 0.1) is 11.8 Å². The standard InChI is InChI=1S/C31H41N3O8/c1-6-11-34-12-9-16(10-13-34)32-18-8-7-17-14(2)19-22(26(37)21(17)25(18)36)30(41)31(42)23(27(19)38)24(33(4)5)28(39)20(15(3)35)29(31)40/h7-8,14,16,19,23-24,27,32,36,38-39,41-42H,6,9-13H2,1-5H3/t14-,19+,23+,24-,27-,31+/m0/s1. The van der Waals surface area contributed by atoms with Crippen LogP contribution in [0.3, 0.4) is 0 Å². The zero-order chi connectivity index (χ0) is 30.8. The highest BCUT2D eigenvalue weighted by Crippen LogP contribution is 2.56. The van der Waals surface area contributed by atoms with Crippen LogP contribution in [0.25, 0.3) is 0 Å². The molecule has 228 valence electrons. The van der Waals surface area contributed by atoms with E-state index in [9.17, 15) is 39.9 Å². The fourth-order valence-corrected chi connectivity index (χ4v) is 7.68. The number of phenols is 1. The first kappa shape index (κ1) is 30.2. The number of hydrogen-bond donors (Lipinski definition) is 6. The molecule has 1 aromatic carbocycles. The van der Waals surface area contributed by atoms with Crippen LogP contribution in [0.1, 0.15) is 61.9 Å². The van der Waals surface area contributed by atoms with Crippen molar-refractivity contribution in [2.45, 2.75) is 69.7 Å². The van der Waals surface area contributed by atoms with Crippen LogP contribution in [-0.2, 0) is 9.59 Å². The average molecular weight is 584 g/mol. The second-order valence-electron chi connectivity index (χ2n) is 12.4. The van der Waals surface area contributed by atoms with Crippen molar-refractivity contribution in [3.05, 3.63) is 45.9 Å². The predicted molar refractivity (Wildman–Crippen MR) is 155 cm³/mol. The highest BCUT2D eigenvalue weighted by Gasteiger charge is 2.67. The second-order valence-corrected chi connectivity index (χ2v) is 12.4. The molecule has 1 fully saturated rings. The zero-order valence-electron chi connectivity index (χ0n) is 24.7. The molecule has 1 aromatic rings. The van der Waals surface area contributed by atoms with Gasteiger partial charge in [0.05, 0.1) is 29.3 Å². The maximum Gasteiger partial charge on any atom is 0.209 e. The number of aliphatic hydroxyl groups is 4. The molecule has 0 saturated carbocycles. The van der Waals surface area contributed by atoms with Gasteiger partial charge in [0, 0.05) is 30.6 Å². The van der Waals surface area contributed by atoms with E-state index < -0.39 is 69.9 Å². The molecule has 42 heavy (non-hydrogen) atoms. The molecule has 6 N–H and O–H groups in total. The number of benzene rings is 1. The van der Waals surface area contributed by atoms with Gasteiger partial charge < -0.3 is 35.7 Å². The molecule has 0 aromatic heterocycles. The van der Waals surface area contributed by atoms with Crippen LogP contribution >= 0.6 is 0 Å². The number of likely N-dealkylation sites (N-methyl/N-ethyl adjacent to an activating group) is 1. The molecule has 1 aliphatic heterocycles. The summed E-state index contributed by atoms with van der Waals surface area (Å²) in [7, 11) is 3.09. The van der Waals surface area contributed by atoms with Gasteiger partial charge >= 0.3 is 0 Å². The fourth-order valence-electron chi connectivity index (χ4n) is 7.68. The third kappa shape index (κ3) is 4.28. The minimum atomic E-state index is -2.85.